The molecular weight excluding hydrogens is 326 g/mol. The SMILES string of the molecule is COc1ccc(CCNC(=O)C(=O)Cc2ccc(Cl)c(C)c2)cc1. The average molecular weight is 346 g/mol. The molecule has 24 heavy (non-hydrogen) atoms. The highest BCUT2D eigenvalue weighted by atomic mass is 35.5. The Morgan fingerprint density at radius 3 is 2.38 bits per heavy atom. The molecule has 0 saturated heterocycles. The van der Waals surface area contributed by atoms with Crippen LogP contribution in [0.4, 0.5) is 0 Å². The van der Waals surface area contributed by atoms with Crippen molar-refractivity contribution in [3.8, 4) is 5.75 Å². The van der Waals surface area contributed by atoms with Gasteiger partial charge in [0.1, 0.15) is 5.75 Å². The van der Waals surface area contributed by atoms with E-state index in [1.165, 1.54) is 0 Å². The number of nitrogens with one attached hydrogen (secondary N) is 1. The predicted octanol–water partition coefficient (Wildman–Crippen LogP) is 3.13. The van der Waals surface area contributed by atoms with Crippen LogP contribution in [-0.2, 0) is 22.4 Å². The van der Waals surface area contributed by atoms with Crippen LogP contribution in [0.5, 0.6) is 5.75 Å². The summed E-state index contributed by atoms with van der Waals surface area (Å²) < 4.78 is 5.09. The van der Waals surface area contributed by atoms with E-state index in [9.17, 15) is 9.59 Å². The molecule has 0 unspecified atom stereocenters. The molecule has 1 amide bonds. The largest absolute Gasteiger partial charge is 0.497 e. The number of carbonyl (C=O) groups excluding carboxylic acids is 2. The summed E-state index contributed by atoms with van der Waals surface area (Å²) in [6.45, 7) is 2.28. The fraction of sp³-hybridized carbons (Fsp3) is 0.263. The number of aryl methyl sites for hydroxylation is 1. The highest BCUT2D eigenvalue weighted by Gasteiger charge is 2.14. The van der Waals surface area contributed by atoms with Crippen molar-refractivity contribution in [3.63, 3.8) is 0 Å². The molecule has 0 aromatic heterocycles. The molecule has 126 valence electrons. The number of rotatable bonds is 7. The van der Waals surface area contributed by atoms with Gasteiger partial charge >= 0.3 is 0 Å². The molecule has 0 fully saturated rings. The maximum absolute atomic E-state index is 12.0. The first-order valence-electron chi connectivity index (χ1n) is 7.68. The molecule has 2 aromatic carbocycles. The van der Waals surface area contributed by atoms with E-state index in [1.54, 1.807) is 19.2 Å². The Hall–Kier alpha value is -2.33. The van der Waals surface area contributed by atoms with Gasteiger partial charge in [-0.25, -0.2) is 0 Å². The minimum absolute atomic E-state index is 0.0758. The minimum atomic E-state index is -0.559. The highest BCUT2D eigenvalue weighted by Crippen LogP contribution is 2.16. The number of hydrogen-bond acceptors (Lipinski definition) is 3. The van der Waals surface area contributed by atoms with Crippen molar-refractivity contribution in [2.45, 2.75) is 19.8 Å². The Balaban J connectivity index is 1.80. The third kappa shape index (κ3) is 5.10. The Morgan fingerprint density at radius 2 is 1.75 bits per heavy atom. The number of ether oxygens (including phenoxy) is 1. The fourth-order valence-electron chi connectivity index (χ4n) is 2.29. The van der Waals surface area contributed by atoms with Gasteiger partial charge in [0, 0.05) is 18.0 Å². The van der Waals surface area contributed by atoms with Crippen LogP contribution >= 0.6 is 11.6 Å². The van der Waals surface area contributed by atoms with E-state index >= 15 is 0 Å². The molecule has 0 radical (unpaired) electrons. The van der Waals surface area contributed by atoms with Crippen LogP contribution in [0.25, 0.3) is 0 Å². The molecule has 0 aliphatic rings. The van der Waals surface area contributed by atoms with Gasteiger partial charge in [0.25, 0.3) is 5.91 Å². The van der Waals surface area contributed by atoms with E-state index < -0.39 is 11.7 Å². The van der Waals surface area contributed by atoms with Crippen molar-refractivity contribution in [2.24, 2.45) is 0 Å². The molecule has 1 N–H and O–H groups in total. The second kappa shape index (κ2) is 8.50. The lowest BCUT2D eigenvalue weighted by Gasteiger charge is -2.07. The van der Waals surface area contributed by atoms with Crippen molar-refractivity contribution >= 4 is 23.3 Å². The topological polar surface area (TPSA) is 55.4 Å². The number of hydrogen-bond donors (Lipinski definition) is 1. The summed E-state index contributed by atoms with van der Waals surface area (Å²) in [6, 6.07) is 12.9. The van der Waals surface area contributed by atoms with Gasteiger partial charge in [0.2, 0.25) is 5.78 Å². The van der Waals surface area contributed by atoms with Crippen molar-refractivity contribution in [2.75, 3.05) is 13.7 Å². The quantitative estimate of drug-likeness (QED) is 0.784. The molecule has 5 heteroatoms. The molecule has 2 rings (SSSR count). The van der Waals surface area contributed by atoms with E-state index in [4.69, 9.17) is 16.3 Å². The summed E-state index contributed by atoms with van der Waals surface area (Å²) in [4.78, 5) is 23.9. The van der Waals surface area contributed by atoms with Crippen LogP contribution in [0.15, 0.2) is 42.5 Å². The Kier molecular flexibility index (Phi) is 6.38. The van der Waals surface area contributed by atoms with Crippen molar-refractivity contribution in [3.05, 3.63) is 64.2 Å². The van der Waals surface area contributed by atoms with Crippen LogP contribution in [0, 0.1) is 6.92 Å². The van der Waals surface area contributed by atoms with Gasteiger partial charge in [-0.15, -0.1) is 0 Å². The molecule has 0 aliphatic carbocycles. The number of amides is 1. The summed E-state index contributed by atoms with van der Waals surface area (Å²) in [6.07, 6.45) is 0.732. The van der Waals surface area contributed by atoms with Crippen LogP contribution < -0.4 is 10.1 Å². The van der Waals surface area contributed by atoms with Gasteiger partial charge in [-0.05, 0) is 48.2 Å². The first-order chi connectivity index (χ1) is 11.5. The third-order valence-corrected chi connectivity index (χ3v) is 4.12. The lowest BCUT2D eigenvalue weighted by Crippen LogP contribution is -2.33. The number of Topliss-reactive ketones (excluding diaryl/α,β-unsaturated/α-hetero) is 1. The zero-order valence-electron chi connectivity index (χ0n) is 13.8. The van der Waals surface area contributed by atoms with Crippen LogP contribution in [0.3, 0.4) is 0 Å². The summed E-state index contributed by atoms with van der Waals surface area (Å²) in [5.74, 6) is -0.223. The number of carbonyl (C=O) groups is 2. The summed E-state index contributed by atoms with van der Waals surface area (Å²) in [5.41, 5.74) is 2.74. The van der Waals surface area contributed by atoms with Gasteiger partial charge in [-0.2, -0.15) is 0 Å². The van der Waals surface area contributed by atoms with E-state index in [2.05, 4.69) is 5.32 Å². The van der Waals surface area contributed by atoms with E-state index in [0.717, 1.165) is 22.4 Å². The molecule has 0 saturated carbocycles. The standard InChI is InChI=1S/C19H20ClNO3/c1-13-11-15(5-8-17(13)20)12-18(22)19(23)21-10-9-14-3-6-16(24-2)7-4-14/h3-8,11H,9-10,12H2,1-2H3,(H,21,23). The van der Waals surface area contributed by atoms with Gasteiger partial charge in [-0.3, -0.25) is 9.59 Å². The number of ketones is 1. The van der Waals surface area contributed by atoms with Gasteiger partial charge < -0.3 is 10.1 Å². The first-order valence-corrected chi connectivity index (χ1v) is 8.06. The van der Waals surface area contributed by atoms with Crippen LogP contribution in [-0.4, -0.2) is 25.3 Å². The molecule has 0 heterocycles. The Morgan fingerprint density at radius 1 is 1.08 bits per heavy atom. The van der Waals surface area contributed by atoms with Gasteiger partial charge in [0.15, 0.2) is 0 Å². The predicted molar refractivity (Wildman–Crippen MR) is 94.6 cm³/mol. The molecule has 0 atom stereocenters. The lowest BCUT2D eigenvalue weighted by molar-refractivity contribution is -0.137. The zero-order valence-corrected chi connectivity index (χ0v) is 14.5. The van der Waals surface area contributed by atoms with Crippen LogP contribution in [0.1, 0.15) is 16.7 Å². The molecule has 2 aromatic rings. The second-order valence-corrected chi connectivity index (χ2v) is 5.94. The number of benzene rings is 2. The number of halogens is 1. The summed E-state index contributed by atoms with van der Waals surface area (Å²) >= 11 is 5.95. The first kappa shape index (κ1) is 18.0. The molecule has 0 aliphatic heterocycles. The molecular formula is C19H20ClNO3. The maximum atomic E-state index is 12.0. The third-order valence-electron chi connectivity index (χ3n) is 3.70. The lowest BCUT2D eigenvalue weighted by atomic mass is 10.1. The monoisotopic (exact) mass is 345 g/mol. The fourth-order valence-corrected chi connectivity index (χ4v) is 2.41. The van der Waals surface area contributed by atoms with Crippen molar-refractivity contribution in [1.29, 1.82) is 0 Å². The Bertz CT molecular complexity index is 726. The molecule has 4 nitrogen and oxygen atoms in total. The van der Waals surface area contributed by atoms with Gasteiger partial charge in [0.05, 0.1) is 7.11 Å². The maximum Gasteiger partial charge on any atom is 0.287 e. The summed E-state index contributed by atoms with van der Waals surface area (Å²) in [5, 5.41) is 3.31. The molecule has 0 spiro atoms. The summed E-state index contributed by atoms with van der Waals surface area (Å²) in [7, 11) is 1.61. The minimum Gasteiger partial charge on any atom is -0.497 e. The zero-order chi connectivity index (χ0) is 17.5. The van der Waals surface area contributed by atoms with Crippen LogP contribution in [0.2, 0.25) is 5.02 Å². The molecule has 0 bridgehead atoms. The highest BCUT2D eigenvalue weighted by molar-refractivity contribution is 6.36. The smallest absolute Gasteiger partial charge is 0.287 e. The Labute approximate surface area is 146 Å². The van der Waals surface area contributed by atoms with Crippen molar-refractivity contribution in [1.82, 2.24) is 5.32 Å². The van der Waals surface area contributed by atoms with E-state index in [-0.39, 0.29) is 6.42 Å². The van der Waals surface area contributed by atoms with Crippen molar-refractivity contribution < 1.29 is 14.3 Å². The second-order valence-electron chi connectivity index (χ2n) is 5.54. The van der Waals surface area contributed by atoms with E-state index in [1.807, 2.05) is 37.3 Å². The normalized spacial score (nSPS) is 10.3. The van der Waals surface area contributed by atoms with E-state index in [0.29, 0.717) is 18.0 Å². The number of methoxy groups -OCH3 is 1. The average Bonchev–Trinajstić information content (AvgIpc) is 2.58. The van der Waals surface area contributed by atoms with Gasteiger partial charge in [-0.1, -0.05) is 35.9 Å².